The van der Waals surface area contributed by atoms with Crippen LogP contribution >= 0.6 is 0 Å². The Balaban J connectivity index is 1.35. The molecule has 0 radical (unpaired) electrons. The van der Waals surface area contributed by atoms with Gasteiger partial charge in [0.15, 0.2) is 11.5 Å². The quantitative estimate of drug-likeness (QED) is 0.553. The van der Waals surface area contributed by atoms with E-state index in [2.05, 4.69) is 40.3 Å². The average Bonchev–Trinajstić information content (AvgIpc) is 3.40. The van der Waals surface area contributed by atoms with Crippen LogP contribution in [0.2, 0.25) is 0 Å². The molecule has 4 aromatic heterocycles. The second kappa shape index (κ2) is 7.35. The van der Waals surface area contributed by atoms with Gasteiger partial charge in [0.25, 0.3) is 0 Å². The number of anilines is 2. The molecule has 1 fully saturated rings. The molecule has 1 aliphatic heterocycles. The van der Waals surface area contributed by atoms with E-state index >= 15 is 0 Å². The summed E-state index contributed by atoms with van der Waals surface area (Å²) >= 11 is 0. The predicted molar refractivity (Wildman–Crippen MR) is 105 cm³/mol. The number of aromatic amines is 1. The highest BCUT2D eigenvalue weighted by Crippen LogP contribution is 2.24. The molecule has 4 aromatic rings. The summed E-state index contributed by atoms with van der Waals surface area (Å²) in [5.41, 5.74) is 3.43. The molecule has 2 N–H and O–H groups in total. The van der Waals surface area contributed by atoms with Gasteiger partial charge in [-0.05, 0) is 25.9 Å². The van der Waals surface area contributed by atoms with Crippen LogP contribution in [0.25, 0.3) is 16.9 Å². The molecule has 142 valence electrons. The second-order valence-electron chi connectivity index (χ2n) is 6.95. The first kappa shape index (κ1) is 16.8. The molecule has 0 saturated carbocycles. The fourth-order valence-corrected chi connectivity index (χ4v) is 3.57. The van der Waals surface area contributed by atoms with Gasteiger partial charge in [-0.2, -0.15) is 5.10 Å². The Kier molecular flexibility index (Phi) is 4.42. The molecule has 9 heteroatoms. The maximum Gasteiger partial charge on any atom is 0.180 e. The van der Waals surface area contributed by atoms with Crippen LogP contribution in [-0.2, 0) is 6.54 Å². The lowest BCUT2D eigenvalue weighted by Crippen LogP contribution is -2.29. The van der Waals surface area contributed by atoms with E-state index in [1.165, 1.54) is 19.3 Å². The van der Waals surface area contributed by atoms with Crippen LogP contribution in [0.3, 0.4) is 0 Å². The van der Waals surface area contributed by atoms with Crippen molar-refractivity contribution >= 4 is 17.2 Å². The third-order valence-corrected chi connectivity index (χ3v) is 5.00. The summed E-state index contributed by atoms with van der Waals surface area (Å²) in [6.07, 6.45) is 16.5. The highest BCUT2D eigenvalue weighted by Gasteiger charge is 2.13. The Labute approximate surface area is 161 Å². The molecular formula is C19H21N9. The minimum absolute atomic E-state index is 0.657. The maximum atomic E-state index is 4.51. The van der Waals surface area contributed by atoms with Gasteiger partial charge >= 0.3 is 0 Å². The molecule has 28 heavy (non-hydrogen) atoms. The number of nitrogens with zero attached hydrogens (tertiary/aromatic N) is 7. The zero-order valence-electron chi connectivity index (χ0n) is 15.4. The van der Waals surface area contributed by atoms with Gasteiger partial charge in [0.2, 0.25) is 0 Å². The van der Waals surface area contributed by atoms with Crippen molar-refractivity contribution in [2.24, 2.45) is 0 Å². The summed E-state index contributed by atoms with van der Waals surface area (Å²) in [7, 11) is 0. The topological polar surface area (TPSA) is 99.9 Å². The van der Waals surface area contributed by atoms with E-state index in [0.29, 0.717) is 5.82 Å². The standard InChI is InChI=1S/C19H21N9/c1-2-5-27(6-3-1)13-17-21-10-15(11-22-17)26-18-19-23-12-16(14-8-24-25-9-14)28(19)7-4-20-18/h4,7-12H,1-3,5-6,13H2,(H,20,26)(H,24,25). The van der Waals surface area contributed by atoms with Crippen LogP contribution < -0.4 is 5.32 Å². The van der Waals surface area contributed by atoms with Crippen molar-refractivity contribution in [3.63, 3.8) is 0 Å². The first-order chi connectivity index (χ1) is 13.9. The predicted octanol–water partition coefficient (Wildman–Crippen LogP) is 2.64. The van der Waals surface area contributed by atoms with Gasteiger partial charge in [-0.25, -0.2) is 19.9 Å². The van der Waals surface area contributed by atoms with Gasteiger partial charge in [-0.15, -0.1) is 0 Å². The summed E-state index contributed by atoms with van der Waals surface area (Å²) < 4.78 is 1.98. The highest BCUT2D eigenvalue weighted by molar-refractivity contribution is 5.73. The first-order valence-corrected chi connectivity index (χ1v) is 9.48. The van der Waals surface area contributed by atoms with E-state index in [4.69, 9.17) is 0 Å². The molecular weight excluding hydrogens is 354 g/mol. The number of imidazole rings is 1. The van der Waals surface area contributed by atoms with E-state index in [0.717, 1.165) is 48.1 Å². The third kappa shape index (κ3) is 3.31. The van der Waals surface area contributed by atoms with Crippen molar-refractivity contribution in [2.45, 2.75) is 25.8 Å². The zero-order chi connectivity index (χ0) is 18.8. The van der Waals surface area contributed by atoms with Gasteiger partial charge in [-0.3, -0.25) is 14.4 Å². The normalized spacial score (nSPS) is 15.1. The number of hydrogen-bond donors (Lipinski definition) is 2. The fraction of sp³-hybridized carbons (Fsp3) is 0.316. The molecule has 0 bridgehead atoms. The molecule has 0 unspecified atom stereocenters. The van der Waals surface area contributed by atoms with Crippen molar-refractivity contribution in [3.8, 4) is 11.3 Å². The summed E-state index contributed by atoms with van der Waals surface area (Å²) in [6, 6.07) is 0. The van der Waals surface area contributed by atoms with Crippen LogP contribution in [-0.4, -0.2) is 52.5 Å². The summed E-state index contributed by atoms with van der Waals surface area (Å²) in [4.78, 5) is 20.4. The van der Waals surface area contributed by atoms with Crippen molar-refractivity contribution in [3.05, 3.63) is 49.2 Å². The molecule has 0 aliphatic carbocycles. The number of H-pyrrole nitrogens is 1. The number of piperidine rings is 1. The van der Waals surface area contributed by atoms with Gasteiger partial charge < -0.3 is 5.32 Å². The van der Waals surface area contributed by atoms with Crippen molar-refractivity contribution in [1.29, 1.82) is 0 Å². The van der Waals surface area contributed by atoms with Crippen LogP contribution in [0.5, 0.6) is 0 Å². The van der Waals surface area contributed by atoms with E-state index < -0.39 is 0 Å². The number of fused-ring (bicyclic) bond motifs is 1. The lowest BCUT2D eigenvalue weighted by Gasteiger charge is -2.25. The minimum Gasteiger partial charge on any atom is -0.335 e. The number of nitrogens with one attached hydrogen (secondary N) is 2. The number of hydrogen-bond acceptors (Lipinski definition) is 7. The van der Waals surface area contributed by atoms with Gasteiger partial charge in [0.1, 0.15) is 5.82 Å². The Morgan fingerprint density at radius 2 is 1.82 bits per heavy atom. The monoisotopic (exact) mass is 375 g/mol. The summed E-state index contributed by atoms with van der Waals surface area (Å²) in [5.74, 6) is 1.51. The van der Waals surface area contributed by atoms with Crippen LogP contribution in [0, 0.1) is 0 Å². The van der Waals surface area contributed by atoms with E-state index in [1.807, 2.05) is 23.0 Å². The third-order valence-electron chi connectivity index (χ3n) is 5.00. The van der Waals surface area contributed by atoms with E-state index in [9.17, 15) is 0 Å². The van der Waals surface area contributed by atoms with Crippen LogP contribution in [0.15, 0.2) is 43.4 Å². The van der Waals surface area contributed by atoms with Gasteiger partial charge in [0, 0.05) is 24.2 Å². The Morgan fingerprint density at radius 1 is 0.964 bits per heavy atom. The Bertz CT molecular complexity index is 1050. The minimum atomic E-state index is 0.657. The molecule has 5 rings (SSSR count). The SMILES string of the molecule is c1cn2c(-c3cn[nH]c3)cnc2c(Nc2cnc(CN3CCCCC3)nc2)n1. The number of aromatic nitrogens is 7. The molecule has 5 heterocycles. The van der Waals surface area contributed by atoms with Crippen molar-refractivity contribution in [1.82, 2.24) is 39.4 Å². The molecule has 1 saturated heterocycles. The summed E-state index contributed by atoms with van der Waals surface area (Å²) in [6.45, 7) is 3.07. The molecule has 1 aliphatic rings. The fourth-order valence-electron chi connectivity index (χ4n) is 3.57. The largest absolute Gasteiger partial charge is 0.335 e. The van der Waals surface area contributed by atoms with Gasteiger partial charge in [-0.1, -0.05) is 6.42 Å². The van der Waals surface area contributed by atoms with Crippen molar-refractivity contribution in [2.75, 3.05) is 18.4 Å². The number of likely N-dealkylation sites (tertiary alicyclic amines) is 1. The molecule has 0 aromatic carbocycles. The van der Waals surface area contributed by atoms with E-state index in [-0.39, 0.29) is 0 Å². The molecule has 0 amide bonds. The maximum absolute atomic E-state index is 4.51. The van der Waals surface area contributed by atoms with Crippen LogP contribution in [0.4, 0.5) is 11.5 Å². The number of rotatable bonds is 5. The van der Waals surface area contributed by atoms with Crippen LogP contribution in [0.1, 0.15) is 25.1 Å². The van der Waals surface area contributed by atoms with Gasteiger partial charge in [0.05, 0.1) is 42.7 Å². The average molecular weight is 375 g/mol. The second-order valence-corrected chi connectivity index (χ2v) is 6.95. The van der Waals surface area contributed by atoms with E-state index in [1.54, 1.807) is 24.8 Å². The highest BCUT2D eigenvalue weighted by atomic mass is 15.2. The summed E-state index contributed by atoms with van der Waals surface area (Å²) in [5, 5.41) is 10.1. The molecule has 0 atom stereocenters. The van der Waals surface area contributed by atoms with Crippen molar-refractivity contribution < 1.29 is 0 Å². The lowest BCUT2D eigenvalue weighted by atomic mass is 10.1. The molecule has 0 spiro atoms. The first-order valence-electron chi connectivity index (χ1n) is 9.48. The Hall–Kier alpha value is -3.33. The smallest absolute Gasteiger partial charge is 0.180 e. The lowest BCUT2D eigenvalue weighted by molar-refractivity contribution is 0.216. The Morgan fingerprint density at radius 3 is 2.61 bits per heavy atom. The zero-order valence-corrected chi connectivity index (χ0v) is 15.4. The molecule has 9 nitrogen and oxygen atoms in total.